The molecule has 2 aromatic carbocycles. The number of ether oxygens (including phenoxy) is 1. The van der Waals surface area contributed by atoms with Crippen LogP contribution < -0.4 is 5.43 Å². The first kappa shape index (κ1) is 20.9. The van der Waals surface area contributed by atoms with E-state index in [-0.39, 0.29) is 10.5 Å². The number of amides is 1. The Kier molecular flexibility index (Phi) is 6.92. The molecule has 1 amide bonds. The van der Waals surface area contributed by atoms with E-state index in [1.807, 2.05) is 43.3 Å². The maximum atomic E-state index is 12.7. The number of morpholine rings is 1. The van der Waals surface area contributed by atoms with Gasteiger partial charge in [-0.2, -0.15) is 9.41 Å². The first-order valence-electron chi connectivity index (χ1n) is 9.21. The Bertz CT molecular complexity index is 1010. The molecule has 152 valence electrons. The number of nitrogens with one attached hydrogen (secondary N) is 1. The van der Waals surface area contributed by atoms with Crippen molar-refractivity contribution in [2.75, 3.05) is 26.3 Å². The van der Waals surface area contributed by atoms with Gasteiger partial charge in [0.25, 0.3) is 5.91 Å². The summed E-state index contributed by atoms with van der Waals surface area (Å²) in [4.78, 5) is 12.4. The van der Waals surface area contributed by atoms with Gasteiger partial charge in [0.15, 0.2) is 0 Å². The van der Waals surface area contributed by atoms with Gasteiger partial charge in [-0.05, 0) is 36.3 Å². The molecule has 0 radical (unpaired) electrons. The minimum absolute atomic E-state index is 0.0798. The molecule has 2 aromatic rings. The molecule has 7 nitrogen and oxygen atoms in total. The molecule has 1 aliphatic heterocycles. The minimum atomic E-state index is -3.66. The monoisotopic (exact) mass is 413 g/mol. The van der Waals surface area contributed by atoms with E-state index in [9.17, 15) is 13.2 Å². The molecule has 0 saturated carbocycles. The fourth-order valence-electron chi connectivity index (χ4n) is 2.84. The number of hydrogen-bond acceptors (Lipinski definition) is 5. The zero-order chi connectivity index (χ0) is 20.7. The van der Waals surface area contributed by atoms with Crippen LogP contribution in [0, 0.1) is 0 Å². The topological polar surface area (TPSA) is 88.1 Å². The van der Waals surface area contributed by atoms with Crippen LogP contribution in [0.2, 0.25) is 0 Å². The lowest BCUT2D eigenvalue weighted by Crippen LogP contribution is -2.40. The van der Waals surface area contributed by atoms with Gasteiger partial charge in [-0.1, -0.05) is 42.5 Å². The third-order valence-electron chi connectivity index (χ3n) is 4.33. The highest BCUT2D eigenvalue weighted by Crippen LogP contribution is 2.18. The first-order valence-corrected chi connectivity index (χ1v) is 10.7. The molecule has 1 saturated heterocycles. The van der Waals surface area contributed by atoms with Gasteiger partial charge in [-0.3, -0.25) is 4.79 Å². The summed E-state index contributed by atoms with van der Waals surface area (Å²) in [5.41, 5.74) is 4.55. The molecule has 8 heteroatoms. The van der Waals surface area contributed by atoms with Crippen LogP contribution in [0.25, 0.3) is 6.08 Å². The van der Waals surface area contributed by atoms with Crippen molar-refractivity contribution in [2.24, 2.45) is 5.10 Å². The van der Waals surface area contributed by atoms with Crippen LogP contribution in [0.15, 0.2) is 70.2 Å². The Hall–Kier alpha value is -2.81. The van der Waals surface area contributed by atoms with Gasteiger partial charge in [0.1, 0.15) is 0 Å². The fourth-order valence-corrected chi connectivity index (χ4v) is 4.29. The van der Waals surface area contributed by atoms with Crippen LogP contribution in [0.5, 0.6) is 0 Å². The van der Waals surface area contributed by atoms with E-state index >= 15 is 0 Å². The van der Waals surface area contributed by atoms with Crippen molar-refractivity contribution in [2.45, 2.75) is 11.8 Å². The number of rotatable bonds is 6. The van der Waals surface area contributed by atoms with Crippen molar-refractivity contribution in [3.05, 3.63) is 71.3 Å². The molecular weight excluding hydrogens is 390 g/mol. The van der Waals surface area contributed by atoms with Crippen molar-refractivity contribution in [3.63, 3.8) is 0 Å². The number of benzene rings is 2. The second-order valence-electron chi connectivity index (χ2n) is 6.54. The number of carbonyl (C=O) groups is 1. The van der Waals surface area contributed by atoms with E-state index in [0.717, 1.165) is 11.1 Å². The largest absolute Gasteiger partial charge is 0.379 e. The van der Waals surface area contributed by atoms with Crippen LogP contribution in [0.4, 0.5) is 0 Å². The number of sulfonamides is 1. The van der Waals surface area contributed by atoms with Crippen molar-refractivity contribution in [1.82, 2.24) is 9.73 Å². The summed E-state index contributed by atoms with van der Waals surface area (Å²) >= 11 is 0. The normalized spacial score (nSPS) is 16.1. The van der Waals surface area contributed by atoms with E-state index < -0.39 is 15.9 Å². The van der Waals surface area contributed by atoms with Gasteiger partial charge >= 0.3 is 0 Å². The average molecular weight is 413 g/mol. The molecule has 0 unspecified atom stereocenters. The second-order valence-corrected chi connectivity index (χ2v) is 8.48. The first-order chi connectivity index (χ1) is 14.0. The second kappa shape index (κ2) is 9.60. The lowest BCUT2D eigenvalue weighted by atomic mass is 10.1. The maximum Gasteiger partial charge on any atom is 0.271 e. The van der Waals surface area contributed by atoms with E-state index in [4.69, 9.17) is 4.74 Å². The summed E-state index contributed by atoms with van der Waals surface area (Å²) in [6, 6.07) is 15.7. The Labute approximate surface area is 170 Å². The Morgan fingerprint density at radius 2 is 1.83 bits per heavy atom. The van der Waals surface area contributed by atoms with Crippen molar-refractivity contribution >= 4 is 28.2 Å². The molecule has 0 spiro atoms. The van der Waals surface area contributed by atoms with Crippen molar-refractivity contribution < 1.29 is 17.9 Å². The highest BCUT2D eigenvalue weighted by molar-refractivity contribution is 7.89. The van der Waals surface area contributed by atoms with Crippen LogP contribution >= 0.6 is 0 Å². The number of hydrazone groups is 1. The smallest absolute Gasteiger partial charge is 0.271 e. The molecule has 1 heterocycles. The predicted molar refractivity (Wildman–Crippen MR) is 112 cm³/mol. The Morgan fingerprint density at radius 3 is 2.55 bits per heavy atom. The third kappa shape index (κ3) is 5.60. The summed E-state index contributed by atoms with van der Waals surface area (Å²) in [6.45, 7) is 3.21. The Morgan fingerprint density at radius 1 is 1.10 bits per heavy atom. The van der Waals surface area contributed by atoms with E-state index in [1.54, 1.807) is 18.3 Å². The van der Waals surface area contributed by atoms with Crippen molar-refractivity contribution in [1.29, 1.82) is 0 Å². The van der Waals surface area contributed by atoms with Gasteiger partial charge in [0.2, 0.25) is 10.0 Å². The zero-order valence-corrected chi connectivity index (χ0v) is 16.9. The molecular formula is C21H23N3O4S. The standard InChI is InChI=1S/C21H23N3O4S/c1-17(14-18-6-3-2-4-7-18)16-22-23-21(25)19-8-5-9-20(15-19)29(26,27)24-10-12-28-13-11-24/h2-9,14-16H,10-13H2,1H3,(H,23,25)/b17-14-,22-16-. The van der Waals surface area contributed by atoms with Crippen molar-refractivity contribution in [3.8, 4) is 0 Å². The molecule has 1 fully saturated rings. The summed E-state index contributed by atoms with van der Waals surface area (Å²) in [5, 5.41) is 3.96. The van der Waals surface area contributed by atoms with Gasteiger partial charge in [0, 0.05) is 18.7 Å². The summed E-state index contributed by atoms with van der Waals surface area (Å²) < 4.78 is 32.0. The molecule has 3 rings (SSSR count). The zero-order valence-electron chi connectivity index (χ0n) is 16.1. The summed E-state index contributed by atoms with van der Waals surface area (Å²) in [6.07, 6.45) is 3.48. The van der Waals surface area contributed by atoms with Gasteiger partial charge in [-0.15, -0.1) is 0 Å². The highest BCUT2D eigenvalue weighted by atomic mass is 32.2. The summed E-state index contributed by atoms with van der Waals surface area (Å²) in [7, 11) is -3.66. The minimum Gasteiger partial charge on any atom is -0.379 e. The highest BCUT2D eigenvalue weighted by Gasteiger charge is 2.26. The molecule has 0 bridgehead atoms. The van der Waals surface area contributed by atoms with Crippen LogP contribution in [-0.2, 0) is 14.8 Å². The van der Waals surface area contributed by atoms with E-state index in [2.05, 4.69) is 10.5 Å². The lowest BCUT2D eigenvalue weighted by Gasteiger charge is -2.26. The third-order valence-corrected chi connectivity index (χ3v) is 6.23. The van der Waals surface area contributed by atoms with E-state index in [1.165, 1.54) is 16.4 Å². The number of carbonyl (C=O) groups excluding carboxylic acids is 1. The quantitative estimate of drug-likeness (QED) is 0.582. The van der Waals surface area contributed by atoms with Crippen LogP contribution in [-0.4, -0.2) is 51.1 Å². The number of hydrogen-bond donors (Lipinski definition) is 1. The number of nitrogens with zero attached hydrogens (tertiary/aromatic N) is 2. The summed E-state index contributed by atoms with van der Waals surface area (Å²) in [5.74, 6) is -0.479. The van der Waals surface area contributed by atoms with Gasteiger partial charge in [-0.25, -0.2) is 13.8 Å². The molecule has 0 atom stereocenters. The van der Waals surface area contributed by atoms with Gasteiger partial charge < -0.3 is 4.74 Å². The van der Waals surface area contributed by atoms with Gasteiger partial charge in [0.05, 0.1) is 24.3 Å². The van der Waals surface area contributed by atoms with E-state index in [0.29, 0.717) is 26.3 Å². The van der Waals surface area contributed by atoms with Crippen LogP contribution in [0.1, 0.15) is 22.8 Å². The van der Waals surface area contributed by atoms with Crippen LogP contribution in [0.3, 0.4) is 0 Å². The Balaban J connectivity index is 1.67. The molecule has 0 aromatic heterocycles. The average Bonchev–Trinajstić information content (AvgIpc) is 2.75. The SMILES string of the molecule is CC(/C=N\NC(=O)c1cccc(S(=O)(=O)N2CCOCC2)c1)=C/c1ccccc1. The lowest BCUT2D eigenvalue weighted by molar-refractivity contribution is 0.0730. The molecule has 1 N–H and O–H groups in total. The number of allylic oxidation sites excluding steroid dienone is 1. The maximum absolute atomic E-state index is 12.7. The predicted octanol–water partition coefficient (Wildman–Crippen LogP) is 2.53. The molecule has 0 aliphatic carbocycles. The molecule has 29 heavy (non-hydrogen) atoms. The fraction of sp³-hybridized carbons (Fsp3) is 0.238. The molecule has 1 aliphatic rings.